The number of methoxy groups -OCH3 is 3. The molecule has 1 aromatic carbocycles. The van der Waals surface area contributed by atoms with Crippen molar-refractivity contribution in [3.05, 3.63) is 50.8 Å². The lowest BCUT2D eigenvalue weighted by atomic mass is 10.2. The van der Waals surface area contributed by atoms with E-state index in [-0.39, 0.29) is 11.0 Å². The number of amides is 1. The van der Waals surface area contributed by atoms with Gasteiger partial charge in [-0.05, 0) is 19.1 Å². The van der Waals surface area contributed by atoms with Gasteiger partial charge in [0.2, 0.25) is 5.91 Å². The quantitative estimate of drug-likeness (QED) is 0.642. The highest BCUT2D eigenvalue weighted by Gasteiger charge is 2.20. The molecule has 30 heavy (non-hydrogen) atoms. The van der Waals surface area contributed by atoms with E-state index < -0.39 is 23.7 Å². The zero-order valence-electron chi connectivity index (χ0n) is 17.3. The van der Waals surface area contributed by atoms with Crippen molar-refractivity contribution >= 4 is 22.6 Å². The van der Waals surface area contributed by atoms with Crippen LogP contribution in [0.15, 0.2) is 34.0 Å². The Morgan fingerprint density at radius 2 is 1.87 bits per heavy atom. The molecule has 0 radical (unpaired) electrons. The van der Waals surface area contributed by atoms with Gasteiger partial charge in [0.25, 0.3) is 5.56 Å². The van der Waals surface area contributed by atoms with Crippen molar-refractivity contribution in [1.82, 2.24) is 14.1 Å². The number of aromatic nitrogens is 3. The third-order valence-electron chi connectivity index (χ3n) is 4.67. The second kappa shape index (κ2) is 8.27. The number of hydrogen-bond donors (Lipinski definition) is 1. The van der Waals surface area contributed by atoms with Gasteiger partial charge in [-0.1, -0.05) is 0 Å². The zero-order valence-corrected chi connectivity index (χ0v) is 17.3. The van der Waals surface area contributed by atoms with Crippen molar-refractivity contribution in [2.75, 3.05) is 26.6 Å². The first kappa shape index (κ1) is 20.9. The molecule has 158 valence electrons. The summed E-state index contributed by atoms with van der Waals surface area (Å²) in [5.74, 6) is 0.672. The van der Waals surface area contributed by atoms with Crippen LogP contribution in [-0.4, -0.2) is 41.4 Å². The van der Waals surface area contributed by atoms with E-state index in [1.54, 1.807) is 25.1 Å². The van der Waals surface area contributed by atoms with Crippen molar-refractivity contribution in [3.63, 3.8) is 0 Å². The highest BCUT2D eigenvalue weighted by atomic mass is 16.5. The zero-order chi connectivity index (χ0) is 22.0. The molecular weight excluding hydrogens is 392 g/mol. The Labute approximate surface area is 171 Å². The van der Waals surface area contributed by atoms with Crippen LogP contribution in [0.1, 0.15) is 5.56 Å². The number of hydrogen-bond acceptors (Lipinski definition) is 7. The van der Waals surface area contributed by atoms with E-state index >= 15 is 0 Å². The molecule has 10 nitrogen and oxygen atoms in total. The third-order valence-corrected chi connectivity index (χ3v) is 4.67. The maximum Gasteiger partial charge on any atom is 0.332 e. The molecule has 2 heterocycles. The molecule has 0 atom stereocenters. The fourth-order valence-electron chi connectivity index (χ4n) is 3.16. The number of pyridine rings is 1. The number of nitrogens with zero attached hydrogens (tertiary/aromatic N) is 3. The molecule has 1 amide bonds. The third kappa shape index (κ3) is 3.59. The summed E-state index contributed by atoms with van der Waals surface area (Å²) in [7, 11) is 5.88. The Balaban J connectivity index is 2.03. The SMILES string of the molecule is COc1ccc(NC(=O)Cn2c(=O)c3c(OC)c(C)cnc3n(C)c2=O)c(OC)c1. The first-order valence-electron chi connectivity index (χ1n) is 8.97. The lowest BCUT2D eigenvalue weighted by Crippen LogP contribution is -2.42. The van der Waals surface area contributed by atoms with Gasteiger partial charge in [0.15, 0.2) is 5.65 Å². The van der Waals surface area contributed by atoms with Gasteiger partial charge >= 0.3 is 5.69 Å². The van der Waals surface area contributed by atoms with Gasteiger partial charge in [0.1, 0.15) is 29.2 Å². The highest BCUT2D eigenvalue weighted by molar-refractivity contribution is 5.92. The van der Waals surface area contributed by atoms with Gasteiger partial charge < -0.3 is 19.5 Å². The van der Waals surface area contributed by atoms with E-state index in [1.165, 1.54) is 39.1 Å². The number of nitrogens with one attached hydrogen (secondary N) is 1. The van der Waals surface area contributed by atoms with E-state index in [1.807, 2.05) is 0 Å². The smallest absolute Gasteiger partial charge is 0.332 e. The Morgan fingerprint density at radius 1 is 1.13 bits per heavy atom. The monoisotopic (exact) mass is 414 g/mol. The fraction of sp³-hybridized carbons (Fsp3) is 0.300. The molecule has 0 bridgehead atoms. The van der Waals surface area contributed by atoms with Gasteiger partial charge in [-0.25, -0.2) is 14.3 Å². The molecule has 0 aliphatic rings. The minimum absolute atomic E-state index is 0.134. The molecule has 3 aromatic rings. The van der Waals surface area contributed by atoms with Crippen molar-refractivity contribution in [1.29, 1.82) is 0 Å². The number of rotatable bonds is 6. The molecule has 0 spiro atoms. The van der Waals surface area contributed by atoms with Crippen molar-refractivity contribution < 1.29 is 19.0 Å². The summed E-state index contributed by atoms with van der Waals surface area (Å²) in [6.45, 7) is 1.25. The van der Waals surface area contributed by atoms with Gasteiger partial charge in [-0.3, -0.25) is 14.2 Å². The van der Waals surface area contributed by atoms with E-state index in [4.69, 9.17) is 14.2 Å². The van der Waals surface area contributed by atoms with Crippen LogP contribution < -0.4 is 30.8 Å². The van der Waals surface area contributed by atoms with Crippen molar-refractivity contribution in [2.24, 2.45) is 7.05 Å². The first-order valence-corrected chi connectivity index (χ1v) is 8.97. The molecule has 0 saturated carbocycles. The number of anilines is 1. The van der Waals surface area contributed by atoms with E-state index in [0.29, 0.717) is 28.5 Å². The summed E-state index contributed by atoms with van der Waals surface area (Å²) in [6.07, 6.45) is 1.52. The number of fused-ring (bicyclic) bond motifs is 1. The van der Waals surface area contributed by atoms with Crippen LogP contribution in [0.5, 0.6) is 17.2 Å². The highest BCUT2D eigenvalue weighted by Crippen LogP contribution is 2.29. The van der Waals surface area contributed by atoms with Gasteiger partial charge in [0.05, 0.1) is 27.0 Å². The molecule has 1 N–H and O–H groups in total. The normalized spacial score (nSPS) is 10.7. The maximum absolute atomic E-state index is 13.0. The fourth-order valence-corrected chi connectivity index (χ4v) is 3.16. The number of carbonyl (C=O) groups excluding carboxylic acids is 1. The van der Waals surface area contributed by atoms with Crippen molar-refractivity contribution in [3.8, 4) is 17.2 Å². The Bertz CT molecular complexity index is 1240. The summed E-state index contributed by atoms with van der Waals surface area (Å²) in [6, 6.07) is 4.86. The molecule has 0 aliphatic heterocycles. The standard InChI is InChI=1S/C20H22N4O6/c1-11-9-21-18-16(17(11)30-5)19(26)24(20(27)23(18)2)10-15(25)22-13-7-6-12(28-3)8-14(13)29-4/h6-9H,10H2,1-5H3,(H,22,25). The second-order valence-electron chi connectivity index (χ2n) is 6.52. The molecule has 0 aliphatic carbocycles. The average Bonchev–Trinajstić information content (AvgIpc) is 2.75. The number of carbonyl (C=O) groups is 1. The van der Waals surface area contributed by atoms with E-state index in [0.717, 1.165) is 4.57 Å². The summed E-state index contributed by atoms with van der Waals surface area (Å²) < 4.78 is 17.8. The lowest BCUT2D eigenvalue weighted by Gasteiger charge is -2.14. The van der Waals surface area contributed by atoms with Crippen molar-refractivity contribution in [2.45, 2.75) is 13.5 Å². The molecule has 3 rings (SSSR count). The summed E-state index contributed by atoms with van der Waals surface area (Å²) >= 11 is 0. The van der Waals surface area contributed by atoms with E-state index in [9.17, 15) is 14.4 Å². The molecule has 0 saturated heterocycles. The van der Waals surface area contributed by atoms with E-state index in [2.05, 4.69) is 10.3 Å². The summed E-state index contributed by atoms with van der Waals surface area (Å²) in [5, 5.41) is 2.78. The molecule has 0 unspecified atom stereocenters. The molecular formula is C20H22N4O6. The minimum atomic E-state index is -0.664. The van der Waals surface area contributed by atoms with Crippen LogP contribution in [0, 0.1) is 6.92 Å². The predicted molar refractivity (Wildman–Crippen MR) is 111 cm³/mol. The predicted octanol–water partition coefficient (Wildman–Crippen LogP) is 1.07. The summed E-state index contributed by atoms with van der Waals surface area (Å²) in [4.78, 5) is 42.5. The van der Waals surface area contributed by atoms with Crippen LogP contribution in [0.3, 0.4) is 0 Å². The Hall–Kier alpha value is -3.82. The van der Waals surface area contributed by atoms with Crippen LogP contribution in [-0.2, 0) is 18.4 Å². The van der Waals surface area contributed by atoms with Gasteiger partial charge in [-0.2, -0.15) is 0 Å². The first-order chi connectivity index (χ1) is 14.3. The van der Waals surface area contributed by atoms with Crippen LogP contribution in [0.4, 0.5) is 5.69 Å². The van der Waals surface area contributed by atoms with Gasteiger partial charge in [0, 0.05) is 24.9 Å². The van der Waals surface area contributed by atoms with Crippen LogP contribution >= 0.6 is 0 Å². The number of ether oxygens (including phenoxy) is 3. The Morgan fingerprint density at radius 3 is 2.50 bits per heavy atom. The van der Waals surface area contributed by atoms with Gasteiger partial charge in [-0.15, -0.1) is 0 Å². The number of benzene rings is 1. The lowest BCUT2D eigenvalue weighted by molar-refractivity contribution is -0.116. The molecule has 10 heteroatoms. The minimum Gasteiger partial charge on any atom is -0.497 e. The van der Waals surface area contributed by atoms with Crippen LogP contribution in [0.2, 0.25) is 0 Å². The summed E-state index contributed by atoms with van der Waals surface area (Å²) in [5.41, 5.74) is -0.120. The van der Waals surface area contributed by atoms with Crippen LogP contribution in [0.25, 0.3) is 11.0 Å². The largest absolute Gasteiger partial charge is 0.497 e. The maximum atomic E-state index is 13.0. The molecule has 0 fully saturated rings. The topological polar surface area (TPSA) is 114 Å². The number of aryl methyl sites for hydroxylation is 2. The molecule has 2 aromatic heterocycles. The second-order valence-corrected chi connectivity index (χ2v) is 6.52. The Kier molecular flexibility index (Phi) is 5.77. The average molecular weight is 414 g/mol.